The van der Waals surface area contributed by atoms with Crippen molar-refractivity contribution in [3.05, 3.63) is 32.0 Å². The van der Waals surface area contributed by atoms with E-state index in [2.05, 4.69) is 21.2 Å². The third-order valence-electron chi connectivity index (χ3n) is 3.98. The van der Waals surface area contributed by atoms with E-state index < -0.39 is 9.84 Å². The Kier molecular flexibility index (Phi) is 4.46. The summed E-state index contributed by atoms with van der Waals surface area (Å²) in [6, 6.07) is 2.17. The van der Waals surface area contributed by atoms with Crippen LogP contribution in [0, 0.1) is 0 Å². The van der Waals surface area contributed by atoms with Gasteiger partial charge in [-0.05, 0) is 34.8 Å². The normalized spacial score (nSPS) is 18.8. The van der Waals surface area contributed by atoms with Gasteiger partial charge >= 0.3 is 0 Å². The van der Waals surface area contributed by atoms with E-state index in [4.69, 9.17) is 0 Å². The van der Waals surface area contributed by atoms with Gasteiger partial charge in [0.15, 0.2) is 0 Å². The molecule has 0 bridgehead atoms. The maximum Gasteiger partial charge on any atom is 0.259 e. The molecule has 0 amide bonds. The highest BCUT2D eigenvalue weighted by atomic mass is 79.9. The van der Waals surface area contributed by atoms with Crippen LogP contribution in [0.4, 0.5) is 0 Å². The minimum Gasteiger partial charge on any atom is -0.317 e. The molecule has 0 saturated carbocycles. The number of hydrogen-bond acceptors (Lipinski definition) is 5. The number of pyridine rings is 1. The maximum absolute atomic E-state index is 12.1. The molecular formula is C14H17BrN2O3S2. The highest BCUT2D eigenvalue weighted by molar-refractivity contribution is 9.10. The second-order valence-electron chi connectivity index (χ2n) is 5.66. The van der Waals surface area contributed by atoms with Crippen molar-refractivity contribution in [1.29, 1.82) is 0 Å². The van der Waals surface area contributed by atoms with E-state index >= 15 is 0 Å². The quantitative estimate of drug-likeness (QED) is 0.849. The van der Waals surface area contributed by atoms with Gasteiger partial charge in [0.1, 0.15) is 9.84 Å². The van der Waals surface area contributed by atoms with E-state index in [-0.39, 0.29) is 23.1 Å². The van der Waals surface area contributed by atoms with Crippen LogP contribution < -0.4 is 10.9 Å². The molecule has 1 aliphatic heterocycles. The van der Waals surface area contributed by atoms with Gasteiger partial charge in [-0.15, -0.1) is 11.3 Å². The molecule has 0 atom stereocenters. The molecule has 2 aromatic rings. The van der Waals surface area contributed by atoms with Crippen molar-refractivity contribution in [1.82, 2.24) is 9.88 Å². The number of aromatic nitrogens is 1. The van der Waals surface area contributed by atoms with Crippen LogP contribution in [0.3, 0.4) is 0 Å². The molecule has 120 valence electrons. The minimum atomic E-state index is -2.82. The molecule has 1 saturated heterocycles. The predicted octanol–water partition coefficient (Wildman–Crippen LogP) is 2.03. The van der Waals surface area contributed by atoms with Gasteiger partial charge in [0.25, 0.3) is 5.56 Å². The number of aryl methyl sites for hydroxylation is 1. The average molecular weight is 405 g/mol. The number of thiophene rings is 1. The van der Waals surface area contributed by atoms with Crippen LogP contribution in [0.25, 0.3) is 10.1 Å². The fourth-order valence-electron chi connectivity index (χ4n) is 2.68. The Balaban J connectivity index is 1.74. The first-order chi connectivity index (χ1) is 10.4. The largest absolute Gasteiger partial charge is 0.317 e. The minimum absolute atomic E-state index is 0.00413. The number of rotatable bonds is 3. The van der Waals surface area contributed by atoms with Crippen LogP contribution in [-0.4, -0.2) is 30.5 Å². The van der Waals surface area contributed by atoms with Crippen molar-refractivity contribution in [2.24, 2.45) is 7.05 Å². The third-order valence-corrected chi connectivity index (χ3v) is 7.72. The molecule has 3 heterocycles. The van der Waals surface area contributed by atoms with Crippen LogP contribution in [0.1, 0.15) is 17.7 Å². The van der Waals surface area contributed by atoms with Gasteiger partial charge in [0, 0.05) is 30.7 Å². The van der Waals surface area contributed by atoms with E-state index in [1.54, 1.807) is 29.1 Å². The van der Waals surface area contributed by atoms with Crippen LogP contribution in [0.2, 0.25) is 0 Å². The highest BCUT2D eigenvalue weighted by Crippen LogP contribution is 2.30. The molecular weight excluding hydrogens is 388 g/mol. The SMILES string of the molecule is Cn1cc(Br)c2sc(CNC3CCS(=O)(=O)CC3)cc2c1=O. The van der Waals surface area contributed by atoms with Crippen molar-refractivity contribution in [2.45, 2.75) is 25.4 Å². The molecule has 2 aromatic heterocycles. The zero-order chi connectivity index (χ0) is 15.9. The van der Waals surface area contributed by atoms with Crippen LogP contribution in [0.5, 0.6) is 0 Å². The monoisotopic (exact) mass is 404 g/mol. The topological polar surface area (TPSA) is 68.2 Å². The molecule has 22 heavy (non-hydrogen) atoms. The first kappa shape index (κ1) is 16.2. The Bertz CT molecular complexity index is 856. The van der Waals surface area contributed by atoms with Crippen LogP contribution in [-0.2, 0) is 23.4 Å². The number of hydrogen-bond donors (Lipinski definition) is 1. The molecule has 0 unspecified atom stereocenters. The summed E-state index contributed by atoms with van der Waals surface area (Å²) in [5, 5.41) is 4.14. The lowest BCUT2D eigenvalue weighted by molar-refractivity contribution is 0.465. The molecule has 1 fully saturated rings. The highest BCUT2D eigenvalue weighted by Gasteiger charge is 2.23. The summed E-state index contributed by atoms with van der Waals surface area (Å²) in [7, 11) is -1.08. The Morgan fingerprint density at radius 1 is 1.41 bits per heavy atom. The Hall–Kier alpha value is -0.700. The van der Waals surface area contributed by atoms with Crippen LogP contribution in [0.15, 0.2) is 21.5 Å². The molecule has 0 radical (unpaired) electrons. The Morgan fingerprint density at radius 3 is 2.77 bits per heavy atom. The lowest BCUT2D eigenvalue weighted by atomic mass is 10.1. The second kappa shape index (κ2) is 6.07. The fraction of sp³-hybridized carbons (Fsp3) is 0.500. The standard InChI is InChI=1S/C14H17BrN2O3S2/c1-17-8-12(15)13-11(14(17)18)6-10(21-13)7-16-9-2-4-22(19,20)5-3-9/h6,8-9,16H,2-5,7H2,1H3. The predicted molar refractivity (Wildman–Crippen MR) is 93.3 cm³/mol. The summed E-state index contributed by atoms with van der Waals surface area (Å²) in [6.45, 7) is 0.666. The lowest BCUT2D eigenvalue weighted by Crippen LogP contribution is -2.36. The summed E-state index contributed by atoms with van der Waals surface area (Å²) >= 11 is 5.09. The van der Waals surface area contributed by atoms with E-state index in [1.165, 1.54) is 0 Å². The first-order valence-electron chi connectivity index (χ1n) is 7.07. The molecule has 8 heteroatoms. The summed E-state index contributed by atoms with van der Waals surface area (Å²) in [5.74, 6) is 0.534. The first-order valence-corrected chi connectivity index (χ1v) is 10.5. The van der Waals surface area contributed by atoms with Crippen molar-refractivity contribution in [3.8, 4) is 0 Å². The number of sulfone groups is 1. The lowest BCUT2D eigenvalue weighted by Gasteiger charge is -2.22. The van der Waals surface area contributed by atoms with Gasteiger partial charge in [-0.25, -0.2) is 8.42 Å². The summed E-state index contributed by atoms with van der Waals surface area (Å²) in [4.78, 5) is 13.2. The van der Waals surface area contributed by atoms with Gasteiger partial charge in [0.05, 0.1) is 26.1 Å². The van der Waals surface area contributed by atoms with Gasteiger partial charge in [-0.3, -0.25) is 4.79 Å². The maximum atomic E-state index is 12.1. The van der Waals surface area contributed by atoms with Gasteiger partial charge in [0.2, 0.25) is 0 Å². The van der Waals surface area contributed by atoms with Crippen LogP contribution >= 0.6 is 27.3 Å². The van der Waals surface area contributed by atoms with Gasteiger partial charge < -0.3 is 9.88 Å². The van der Waals surface area contributed by atoms with E-state index in [0.29, 0.717) is 19.4 Å². The number of halogens is 1. The van der Waals surface area contributed by atoms with Gasteiger partial charge in [-0.1, -0.05) is 0 Å². The summed E-state index contributed by atoms with van der Waals surface area (Å²) in [5.41, 5.74) is 0.00413. The van der Waals surface area contributed by atoms with Crippen molar-refractivity contribution in [3.63, 3.8) is 0 Å². The molecule has 0 aromatic carbocycles. The van der Waals surface area contributed by atoms with E-state index in [0.717, 1.165) is 19.4 Å². The van der Waals surface area contributed by atoms with Gasteiger partial charge in [-0.2, -0.15) is 0 Å². The van der Waals surface area contributed by atoms with Crippen molar-refractivity contribution >= 4 is 47.2 Å². The fourth-order valence-corrected chi connectivity index (χ4v) is 5.94. The Labute approximate surface area is 141 Å². The molecule has 1 aliphatic rings. The molecule has 3 rings (SSSR count). The second-order valence-corrected chi connectivity index (χ2v) is 9.95. The number of nitrogens with one attached hydrogen (secondary N) is 1. The third kappa shape index (κ3) is 3.29. The molecule has 0 aliphatic carbocycles. The van der Waals surface area contributed by atoms with Crippen molar-refractivity contribution in [2.75, 3.05) is 11.5 Å². The number of fused-ring (bicyclic) bond motifs is 1. The zero-order valence-electron chi connectivity index (χ0n) is 12.1. The Morgan fingerprint density at radius 2 is 2.09 bits per heavy atom. The van der Waals surface area contributed by atoms with E-state index in [9.17, 15) is 13.2 Å². The van der Waals surface area contributed by atoms with Crippen molar-refractivity contribution < 1.29 is 8.42 Å². The molecule has 5 nitrogen and oxygen atoms in total. The summed E-state index contributed by atoms with van der Waals surface area (Å²) in [6.07, 6.45) is 3.11. The average Bonchev–Trinajstić information content (AvgIpc) is 2.89. The smallest absolute Gasteiger partial charge is 0.259 e. The van der Waals surface area contributed by atoms with E-state index in [1.807, 2.05) is 6.07 Å². The summed E-state index contributed by atoms with van der Waals surface area (Å²) < 4.78 is 26.3. The zero-order valence-corrected chi connectivity index (χ0v) is 15.4. The molecule has 1 N–H and O–H groups in total. The molecule has 0 spiro atoms. The number of nitrogens with zero attached hydrogens (tertiary/aromatic N) is 1.